The smallest absolute Gasteiger partial charge is 0.0831 e. The molecule has 0 aromatic carbocycles. The van der Waals surface area contributed by atoms with E-state index in [-0.39, 0.29) is 11.1 Å². The Bertz CT molecular complexity index is 441. The van der Waals surface area contributed by atoms with Gasteiger partial charge in [0.05, 0.1) is 6.10 Å². The molecular formula is C20H36N2O. The van der Waals surface area contributed by atoms with Crippen LogP contribution in [0.2, 0.25) is 0 Å². The van der Waals surface area contributed by atoms with Gasteiger partial charge in [0.15, 0.2) is 0 Å². The Morgan fingerprint density at radius 2 is 2.00 bits per heavy atom. The summed E-state index contributed by atoms with van der Waals surface area (Å²) in [6.07, 6.45) is 13.8. The molecule has 1 fully saturated rings. The van der Waals surface area contributed by atoms with Crippen LogP contribution in [0.25, 0.3) is 0 Å². The molecule has 0 N–H and O–H groups in total. The van der Waals surface area contributed by atoms with E-state index in [0.29, 0.717) is 6.10 Å². The molecule has 2 rings (SSSR count). The number of allylic oxidation sites excluding steroid dienone is 1. The summed E-state index contributed by atoms with van der Waals surface area (Å²) in [7, 11) is 0. The van der Waals surface area contributed by atoms with E-state index in [4.69, 9.17) is 9.83 Å². The van der Waals surface area contributed by atoms with Gasteiger partial charge in [0, 0.05) is 36.2 Å². The van der Waals surface area contributed by atoms with Gasteiger partial charge in [-0.2, -0.15) is 5.06 Å². The summed E-state index contributed by atoms with van der Waals surface area (Å²) >= 11 is 0. The lowest BCUT2D eigenvalue weighted by Gasteiger charge is -2.54. The molecule has 0 saturated carbocycles. The van der Waals surface area contributed by atoms with Crippen molar-refractivity contribution in [3.05, 3.63) is 12.2 Å². The van der Waals surface area contributed by atoms with E-state index in [1.54, 1.807) is 0 Å². The Balaban J connectivity index is 2.13. The van der Waals surface area contributed by atoms with Crippen molar-refractivity contribution in [2.45, 2.75) is 103 Å². The maximum atomic E-state index is 6.56. The Labute approximate surface area is 143 Å². The topological polar surface area (TPSA) is 24.8 Å². The zero-order valence-corrected chi connectivity index (χ0v) is 15.9. The highest BCUT2D eigenvalue weighted by molar-refractivity contribution is 5.87. The molecule has 0 bridgehead atoms. The van der Waals surface area contributed by atoms with Crippen LogP contribution in [0.4, 0.5) is 0 Å². The minimum Gasteiger partial charge on any atom is -0.294 e. The van der Waals surface area contributed by atoms with Crippen molar-refractivity contribution in [2.24, 2.45) is 4.99 Å². The molecule has 2 atom stereocenters. The van der Waals surface area contributed by atoms with E-state index in [0.717, 1.165) is 45.1 Å². The van der Waals surface area contributed by atoms with Gasteiger partial charge in [-0.3, -0.25) is 9.83 Å². The van der Waals surface area contributed by atoms with E-state index >= 15 is 0 Å². The average Bonchev–Trinajstić information content (AvgIpc) is 2.52. The van der Waals surface area contributed by atoms with Crippen LogP contribution in [0, 0.1) is 0 Å². The summed E-state index contributed by atoms with van der Waals surface area (Å²) in [6.45, 7) is 12.5. The second-order valence-electron chi connectivity index (χ2n) is 8.12. The lowest BCUT2D eigenvalue weighted by atomic mass is 9.78. The van der Waals surface area contributed by atoms with Crippen molar-refractivity contribution < 1.29 is 4.84 Å². The zero-order chi connectivity index (χ0) is 16.9. The first-order chi connectivity index (χ1) is 10.9. The molecular weight excluding hydrogens is 284 g/mol. The van der Waals surface area contributed by atoms with Crippen LogP contribution in [-0.4, -0.2) is 34.5 Å². The van der Waals surface area contributed by atoms with E-state index in [2.05, 4.69) is 51.8 Å². The minimum atomic E-state index is 0.00915. The molecule has 0 spiro atoms. The molecule has 1 aliphatic carbocycles. The van der Waals surface area contributed by atoms with Crippen LogP contribution < -0.4 is 0 Å². The zero-order valence-electron chi connectivity index (χ0n) is 15.9. The van der Waals surface area contributed by atoms with Gasteiger partial charge in [-0.1, -0.05) is 32.4 Å². The molecule has 1 aliphatic heterocycles. The van der Waals surface area contributed by atoms with E-state index in [1.807, 2.05) is 0 Å². The van der Waals surface area contributed by atoms with Crippen LogP contribution in [-0.2, 0) is 4.84 Å². The van der Waals surface area contributed by atoms with Gasteiger partial charge in [0.25, 0.3) is 0 Å². The summed E-state index contributed by atoms with van der Waals surface area (Å²) in [6, 6.07) is 0. The molecule has 0 aromatic rings. The molecule has 23 heavy (non-hydrogen) atoms. The van der Waals surface area contributed by atoms with Crippen LogP contribution in [0.15, 0.2) is 17.1 Å². The number of aliphatic imine (C=N–C) groups is 1. The lowest BCUT2D eigenvalue weighted by molar-refractivity contribution is -0.298. The van der Waals surface area contributed by atoms with Crippen molar-refractivity contribution in [3.63, 3.8) is 0 Å². The molecule has 132 valence electrons. The molecule has 0 amide bonds. The van der Waals surface area contributed by atoms with Crippen molar-refractivity contribution in [2.75, 3.05) is 6.54 Å². The molecule has 3 nitrogen and oxygen atoms in total. The number of unbranched alkanes of at least 4 members (excludes halogenated alkanes) is 1. The number of hydroxylamine groups is 2. The van der Waals surface area contributed by atoms with Crippen LogP contribution in [0.5, 0.6) is 0 Å². The third-order valence-corrected chi connectivity index (χ3v) is 5.35. The second kappa shape index (κ2) is 7.94. The van der Waals surface area contributed by atoms with Crippen molar-refractivity contribution in [3.8, 4) is 0 Å². The van der Waals surface area contributed by atoms with Gasteiger partial charge in [0.2, 0.25) is 0 Å². The van der Waals surface area contributed by atoms with Crippen LogP contribution in [0.1, 0.15) is 86.0 Å². The average molecular weight is 321 g/mol. The second-order valence-corrected chi connectivity index (χ2v) is 8.12. The standard InChI is InChI=1S/C20H36N2O/c1-6-8-14-21-17-15-19(3,4)22(20(5,7-2)16-17)23-18-12-10-9-11-13-18/h9-10,18H,6-8,11-16H2,1-5H3. The fourth-order valence-corrected chi connectivity index (χ4v) is 3.93. The highest BCUT2D eigenvalue weighted by Gasteiger charge is 2.47. The molecule has 0 aromatic heterocycles. The van der Waals surface area contributed by atoms with Gasteiger partial charge in [-0.15, -0.1) is 0 Å². The number of nitrogens with zero attached hydrogens (tertiary/aromatic N) is 2. The van der Waals surface area contributed by atoms with Gasteiger partial charge in [-0.25, -0.2) is 0 Å². The Kier molecular flexibility index (Phi) is 6.44. The first-order valence-electron chi connectivity index (χ1n) is 9.55. The highest BCUT2D eigenvalue weighted by Crippen LogP contribution is 2.40. The summed E-state index contributed by atoms with van der Waals surface area (Å²) in [5.74, 6) is 0. The third kappa shape index (κ3) is 4.67. The number of piperidine rings is 1. The highest BCUT2D eigenvalue weighted by atomic mass is 16.7. The van der Waals surface area contributed by atoms with Gasteiger partial charge >= 0.3 is 0 Å². The Hall–Kier alpha value is -0.670. The fourth-order valence-electron chi connectivity index (χ4n) is 3.93. The molecule has 1 heterocycles. The predicted molar refractivity (Wildman–Crippen MR) is 98.9 cm³/mol. The summed E-state index contributed by atoms with van der Waals surface area (Å²) in [4.78, 5) is 11.5. The quantitative estimate of drug-likeness (QED) is 0.489. The van der Waals surface area contributed by atoms with Gasteiger partial charge in [0.1, 0.15) is 0 Å². The van der Waals surface area contributed by atoms with Crippen molar-refractivity contribution in [1.29, 1.82) is 0 Å². The molecule has 2 unspecified atom stereocenters. The Morgan fingerprint density at radius 3 is 2.61 bits per heavy atom. The maximum Gasteiger partial charge on any atom is 0.0831 e. The molecule has 2 aliphatic rings. The van der Waals surface area contributed by atoms with Crippen molar-refractivity contribution >= 4 is 5.71 Å². The Morgan fingerprint density at radius 1 is 1.22 bits per heavy atom. The van der Waals surface area contributed by atoms with E-state index in [9.17, 15) is 0 Å². The van der Waals surface area contributed by atoms with Gasteiger partial charge in [-0.05, 0) is 52.9 Å². The number of rotatable bonds is 6. The summed E-state index contributed by atoms with van der Waals surface area (Å²) < 4.78 is 0. The fraction of sp³-hybridized carbons (Fsp3) is 0.850. The first kappa shape index (κ1) is 18.7. The van der Waals surface area contributed by atoms with Crippen LogP contribution in [0.3, 0.4) is 0 Å². The minimum absolute atomic E-state index is 0.00915. The third-order valence-electron chi connectivity index (χ3n) is 5.35. The van der Waals surface area contributed by atoms with E-state index < -0.39 is 0 Å². The maximum absolute atomic E-state index is 6.56. The largest absolute Gasteiger partial charge is 0.294 e. The summed E-state index contributed by atoms with van der Waals surface area (Å²) in [5, 5.41) is 2.34. The molecule has 1 saturated heterocycles. The van der Waals surface area contributed by atoms with E-state index in [1.165, 1.54) is 18.6 Å². The SMILES string of the molecule is CCCCN=C1CC(C)(C)N(OC2CC=CCC2)C(C)(CC)C1. The molecule has 0 radical (unpaired) electrons. The van der Waals surface area contributed by atoms with Crippen molar-refractivity contribution in [1.82, 2.24) is 5.06 Å². The summed E-state index contributed by atoms with van der Waals surface area (Å²) in [5.41, 5.74) is 1.44. The number of hydrogen-bond acceptors (Lipinski definition) is 3. The monoisotopic (exact) mass is 320 g/mol. The normalized spacial score (nSPS) is 33.3. The molecule has 3 heteroatoms. The predicted octanol–water partition coefficient (Wildman–Crippen LogP) is 5.31. The number of hydrogen-bond donors (Lipinski definition) is 0. The van der Waals surface area contributed by atoms with Crippen LogP contribution >= 0.6 is 0 Å². The first-order valence-corrected chi connectivity index (χ1v) is 9.55. The lowest BCUT2D eigenvalue weighted by Crippen LogP contribution is -2.62. The van der Waals surface area contributed by atoms with Gasteiger partial charge < -0.3 is 0 Å².